The molecule has 1 saturated carbocycles. The Balaban J connectivity index is 2.41. The summed E-state index contributed by atoms with van der Waals surface area (Å²) in [5, 5.41) is 6.53. The van der Waals surface area contributed by atoms with E-state index in [0.717, 1.165) is 18.8 Å². The molecule has 22 heavy (non-hydrogen) atoms. The largest absolute Gasteiger partial charge is 0.355 e. The van der Waals surface area contributed by atoms with Gasteiger partial charge in [-0.25, -0.2) is 12.7 Å². The zero-order valence-corrected chi connectivity index (χ0v) is 15.2. The van der Waals surface area contributed by atoms with Crippen LogP contribution in [0, 0.1) is 5.92 Å². The highest BCUT2D eigenvalue weighted by atomic mass is 32.2. The third kappa shape index (κ3) is 6.12. The predicted molar refractivity (Wildman–Crippen MR) is 92.6 cm³/mol. The molecule has 2 N–H and O–H groups in total. The van der Waals surface area contributed by atoms with Crippen molar-refractivity contribution in [3.8, 4) is 0 Å². The number of nitrogens with zero attached hydrogens (tertiary/aromatic N) is 2. The van der Waals surface area contributed by atoms with Gasteiger partial charge in [-0.3, -0.25) is 4.99 Å². The van der Waals surface area contributed by atoms with Crippen molar-refractivity contribution in [3.05, 3.63) is 0 Å². The molecule has 0 aromatic carbocycles. The maximum absolute atomic E-state index is 12.1. The minimum Gasteiger partial charge on any atom is -0.355 e. The molecule has 130 valence electrons. The van der Waals surface area contributed by atoms with Crippen LogP contribution in [0.15, 0.2) is 4.99 Å². The molecule has 1 aliphatic carbocycles. The first-order valence-corrected chi connectivity index (χ1v) is 9.98. The van der Waals surface area contributed by atoms with Crippen LogP contribution >= 0.6 is 0 Å². The highest BCUT2D eigenvalue weighted by molar-refractivity contribution is 7.89. The van der Waals surface area contributed by atoms with Crippen molar-refractivity contribution in [2.45, 2.75) is 52.5 Å². The Kier molecular flexibility index (Phi) is 8.17. The van der Waals surface area contributed by atoms with Crippen LogP contribution in [0.25, 0.3) is 0 Å². The van der Waals surface area contributed by atoms with Gasteiger partial charge in [-0.05, 0) is 18.8 Å². The van der Waals surface area contributed by atoms with E-state index in [9.17, 15) is 8.42 Å². The van der Waals surface area contributed by atoms with E-state index < -0.39 is 10.0 Å². The zero-order valence-electron chi connectivity index (χ0n) is 14.4. The number of hydrogen-bond acceptors (Lipinski definition) is 3. The molecular formula is C15H32N4O2S. The Morgan fingerprint density at radius 1 is 1.27 bits per heavy atom. The molecule has 6 nitrogen and oxygen atoms in total. The van der Waals surface area contributed by atoms with Crippen LogP contribution in [-0.4, -0.2) is 57.2 Å². The van der Waals surface area contributed by atoms with Crippen molar-refractivity contribution in [2.24, 2.45) is 10.9 Å². The maximum Gasteiger partial charge on any atom is 0.215 e. The summed E-state index contributed by atoms with van der Waals surface area (Å²) in [6.07, 6.45) is 4.85. The third-order valence-electron chi connectivity index (χ3n) is 4.25. The Morgan fingerprint density at radius 3 is 2.50 bits per heavy atom. The van der Waals surface area contributed by atoms with Gasteiger partial charge in [0.05, 0.1) is 5.75 Å². The van der Waals surface area contributed by atoms with E-state index >= 15 is 0 Å². The van der Waals surface area contributed by atoms with E-state index in [1.165, 1.54) is 17.1 Å². The van der Waals surface area contributed by atoms with Crippen LogP contribution in [0.1, 0.15) is 46.5 Å². The second-order valence-electron chi connectivity index (χ2n) is 6.01. The molecule has 0 aliphatic heterocycles. The summed E-state index contributed by atoms with van der Waals surface area (Å²) in [6.45, 7) is 7.41. The number of aliphatic imine (C=N–C) groups is 1. The van der Waals surface area contributed by atoms with Crippen molar-refractivity contribution >= 4 is 16.0 Å². The van der Waals surface area contributed by atoms with Crippen LogP contribution in [-0.2, 0) is 10.0 Å². The first-order chi connectivity index (χ1) is 10.4. The average molecular weight is 333 g/mol. The van der Waals surface area contributed by atoms with Crippen molar-refractivity contribution in [3.63, 3.8) is 0 Å². The molecule has 2 atom stereocenters. The molecule has 0 amide bonds. The number of hydrogen-bond donors (Lipinski definition) is 2. The SMILES string of the molecule is CCN(CC)S(=O)(=O)CCNC(=NC)NC1CCCC(C)C1. The van der Waals surface area contributed by atoms with Gasteiger partial charge in [-0.2, -0.15) is 0 Å². The van der Waals surface area contributed by atoms with Crippen molar-refractivity contribution in [1.29, 1.82) is 0 Å². The third-order valence-corrected chi connectivity index (χ3v) is 6.28. The monoisotopic (exact) mass is 332 g/mol. The molecule has 0 aromatic rings. The molecule has 0 aromatic heterocycles. The second-order valence-corrected chi connectivity index (χ2v) is 8.10. The highest BCUT2D eigenvalue weighted by Gasteiger charge is 2.21. The first kappa shape index (κ1) is 19.2. The summed E-state index contributed by atoms with van der Waals surface area (Å²) in [5.41, 5.74) is 0. The van der Waals surface area contributed by atoms with Gasteiger partial charge in [0.25, 0.3) is 0 Å². The van der Waals surface area contributed by atoms with Crippen LogP contribution < -0.4 is 10.6 Å². The Labute approximate surface area is 135 Å². The van der Waals surface area contributed by atoms with Crippen LogP contribution in [0.5, 0.6) is 0 Å². The minimum atomic E-state index is -3.18. The highest BCUT2D eigenvalue weighted by Crippen LogP contribution is 2.23. The summed E-state index contributed by atoms with van der Waals surface area (Å²) >= 11 is 0. The Bertz CT molecular complexity index is 446. The lowest BCUT2D eigenvalue weighted by Gasteiger charge is -2.29. The predicted octanol–water partition coefficient (Wildman–Crippen LogP) is 1.40. The molecule has 0 bridgehead atoms. The van der Waals surface area contributed by atoms with Crippen LogP contribution in [0.2, 0.25) is 0 Å². The summed E-state index contributed by atoms with van der Waals surface area (Å²) in [7, 11) is -1.46. The summed E-state index contributed by atoms with van der Waals surface area (Å²) in [5.74, 6) is 1.54. The van der Waals surface area contributed by atoms with Crippen LogP contribution in [0.3, 0.4) is 0 Å². The van der Waals surface area contributed by atoms with Crippen molar-refractivity contribution in [1.82, 2.24) is 14.9 Å². The molecule has 0 saturated heterocycles. The lowest BCUT2D eigenvalue weighted by atomic mass is 9.87. The van der Waals surface area contributed by atoms with E-state index in [4.69, 9.17) is 0 Å². The van der Waals surface area contributed by atoms with Gasteiger partial charge in [0.1, 0.15) is 0 Å². The van der Waals surface area contributed by atoms with E-state index in [-0.39, 0.29) is 5.75 Å². The summed E-state index contributed by atoms with van der Waals surface area (Å²) < 4.78 is 25.7. The topological polar surface area (TPSA) is 73.8 Å². The molecule has 0 spiro atoms. The van der Waals surface area contributed by atoms with Gasteiger partial charge < -0.3 is 10.6 Å². The standard InChI is InChI=1S/C15H32N4O2S/c1-5-19(6-2)22(20,21)11-10-17-15(16-4)18-14-9-7-8-13(3)12-14/h13-14H,5-12H2,1-4H3,(H2,16,17,18). The lowest BCUT2D eigenvalue weighted by Crippen LogP contribution is -2.47. The van der Waals surface area contributed by atoms with Gasteiger partial charge in [0.15, 0.2) is 5.96 Å². The number of guanidine groups is 1. The van der Waals surface area contributed by atoms with Gasteiger partial charge in [-0.1, -0.05) is 33.6 Å². The quantitative estimate of drug-likeness (QED) is 0.546. The fourth-order valence-corrected chi connectivity index (χ4v) is 4.40. The Hall–Kier alpha value is -0.820. The van der Waals surface area contributed by atoms with Gasteiger partial charge >= 0.3 is 0 Å². The van der Waals surface area contributed by atoms with Crippen molar-refractivity contribution in [2.75, 3.05) is 32.4 Å². The second kappa shape index (κ2) is 9.35. The van der Waals surface area contributed by atoms with Gasteiger partial charge in [0, 0.05) is 32.7 Å². The summed E-state index contributed by atoms with van der Waals surface area (Å²) in [6, 6.07) is 0.439. The van der Waals surface area contributed by atoms with Crippen LogP contribution in [0.4, 0.5) is 0 Å². The summed E-state index contributed by atoms with van der Waals surface area (Å²) in [4.78, 5) is 4.20. The van der Waals surface area contributed by atoms with Gasteiger partial charge in [-0.15, -0.1) is 0 Å². The molecule has 1 aliphatic rings. The molecule has 0 heterocycles. The van der Waals surface area contributed by atoms with E-state index in [2.05, 4.69) is 22.5 Å². The Morgan fingerprint density at radius 2 is 1.95 bits per heavy atom. The zero-order chi connectivity index (χ0) is 16.6. The molecule has 0 radical (unpaired) electrons. The molecule has 2 unspecified atom stereocenters. The fourth-order valence-electron chi connectivity index (χ4n) is 3.00. The number of sulfonamides is 1. The average Bonchev–Trinajstić information content (AvgIpc) is 2.47. The molecule has 7 heteroatoms. The number of rotatable bonds is 7. The normalized spacial score (nSPS) is 23.6. The first-order valence-electron chi connectivity index (χ1n) is 8.37. The fraction of sp³-hybridized carbons (Fsp3) is 0.933. The van der Waals surface area contributed by atoms with E-state index in [1.807, 2.05) is 13.8 Å². The van der Waals surface area contributed by atoms with Crippen molar-refractivity contribution < 1.29 is 8.42 Å². The molecule has 1 rings (SSSR count). The number of nitrogens with one attached hydrogen (secondary N) is 2. The van der Waals surface area contributed by atoms with Gasteiger partial charge in [0.2, 0.25) is 10.0 Å². The smallest absolute Gasteiger partial charge is 0.215 e. The molecular weight excluding hydrogens is 300 g/mol. The molecule has 1 fully saturated rings. The van der Waals surface area contributed by atoms with E-state index in [1.54, 1.807) is 7.05 Å². The minimum absolute atomic E-state index is 0.0937. The lowest BCUT2D eigenvalue weighted by molar-refractivity contribution is 0.324. The maximum atomic E-state index is 12.1. The van der Waals surface area contributed by atoms with E-state index in [0.29, 0.717) is 31.6 Å².